The van der Waals surface area contributed by atoms with Gasteiger partial charge in [0.25, 0.3) is 0 Å². The van der Waals surface area contributed by atoms with Gasteiger partial charge in [-0.1, -0.05) is 32.9 Å². The summed E-state index contributed by atoms with van der Waals surface area (Å²) in [5.74, 6) is 1.15. The molecule has 0 saturated heterocycles. The molecule has 2 rings (SSSR count). The van der Waals surface area contributed by atoms with Crippen molar-refractivity contribution in [3.63, 3.8) is 0 Å². The molecule has 0 aliphatic heterocycles. The summed E-state index contributed by atoms with van der Waals surface area (Å²) in [4.78, 5) is 11.7. The molecule has 25 heavy (non-hydrogen) atoms. The topological polar surface area (TPSA) is 35.5 Å². The zero-order valence-corrected chi connectivity index (χ0v) is 16.9. The molecule has 0 spiro atoms. The lowest BCUT2D eigenvalue weighted by Gasteiger charge is -2.16. The van der Waals surface area contributed by atoms with E-state index in [1.54, 1.807) is 6.92 Å². The Balaban J connectivity index is 2.28. The van der Waals surface area contributed by atoms with E-state index in [4.69, 9.17) is 9.47 Å². The Bertz CT molecular complexity index is 753. The van der Waals surface area contributed by atoms with Crippen molar-refractivity contribution in [2.75, 3.05) is 0 Å². The van der Waals surface area contributed by atoms with Crippen LogP contribution in [-0.2, 0) is 24.2 Å². The number of esters is 1. The molecule has 0 aromatic heterocycles. The van der Waals surface area contributed by atoms with E-state index in [0.717, 1.165) is 34.2 Å². The number of aryl methyl sites for hydroxylation is 3. The molecule has 0 fully saturated rings. The van der Waals surface area contributed by atoms with Crippen LogP contribution in [0.15, 0.2) is 34.8 Å². The van der Waals surface area contributed by atoms with E-state index < -0.39 is 0 Å². The molecule has 0 unspecified atom stereocenters. The lowest BCUT2D eigenvalue weighted by Crippen LogP contribution is -2.10. The van der Waals surface area contributed by atoms with Crippen LogP contribution in [0.3, 0.4) is 0 Å². The van der Waals surface area contributed by atoms with Gasteiger partial charge in [-0.15, -0.1) is 0 Å². The van der Waals surface area contributed by atoms with E-state index >= 15 is 0 Å². The Labute approximate surface area is 158 Å². The number of ether oxygens (including phenoxy) is 2. The lowest BCUT2D eigenvalue weighted by molar-refractivity contribution is -0.134. The third-order valence-electron chi connectivity index (χ3n) is 4.27. The number of benzene rings is 2. The van der Waals surface area contributed by atoms with Gasteiger partial charge in [0.05, 0.1) is 4.47 Å². The molecule has 0 bridgehead atoms. The molecule has 0 aliphatic carbocycles. The number of halogens is 1. The normalized spacial score (nSPS) is 10.6. The van der Waals surface area contributed by atoms with E-state index in [1.165, 1.54) is 11.1 Å². The summed E-state index contributed by atoms with van der Waals surface area (Å²) in [6, 6.07) is 9.94. The lowest BCUT2D eigenvalue weighted by atomic mass is 10.0. The number of hydrogen-bond acceptors (Lipinski definition) is 3. The van der Waals surface area contributed by atoms with Crippen LogP contribution in [0.25, 0.3) is 0 Å². The monoisotopic (exact) mass is 404 g/mol. The van der Waals surface area contributed by atoms with Gasteiger partial charge in [-0.05, 0) is 70.6 Å². The Morgan fingerprint density at radius 2 is 1.76 bits per heavy atom. The molecular formula is C21H25BrO3. The van der Waals surface area contributed by atoms with Crippen LogP contribution in [0.1, 0.15) is 49.4 Å². The predicted molar refractivity (Wildman–Crippen MR) is 104 cm³/mol. The van der Waals surface area contributed by atoms with Crippen molar-refractivity contribution in [3.8, 4) is 11.5 Å². The Kier molecular flexibility index (Phi) is 7.06. The van der Waals surface area contributed by atoms with Crippen LogP contribution < -0.4 is 9.47 Å². The molecule has 0 heterocycles. The molecule has 4 heteroatoms. The Morgan fingerprint density at radius 1 is 1.04 bits per heavy atom. The van der Waals surface area contributed by atoms with Gasteiger partial charge in [-0.2, -0.15) is 0 Å². The quantitative estimate of drug-likeness (QED) is 0.433. The third kappa shape index (κ3) is 4.85. The molecule has 3 nitrogen and oxygen atoms in total. The van der Waals surface area contributed by atoms with Crippen LogP contribution in [0, 0.1) is 6.92 Å². The summed E-state index contributed by atoms with van der Waals surface area (Å²) in [7, 11) is 0. The van der Waals surface area contributed by atoms with E-state index in [1.807, 2.05) is 18.2 Å². The molecule has 2 aromatic rings. The van der Waals surface area contributed by atoms with Crippen LogP contribution in [0.4, 0.5) is 0 Å². The van der Waals surface area contributed by atoms with Crippen LogP contribution in [0.2, 0.25) is 0 Å². The molecule has 2 aromatic carbocycles. The van der Waals surface area contributed by atoms with E-state index in [-0.39, 0.29) is 5.97 Å². The van der Waals surface area contributed by atoms with Gasteiger partial charge >= 0.3 is 5.97 Å². The van der Waals surface area contributed by atoms with E-state index in [9.17, 15) is 4.79 Å². The van der Waals surface area contributed by atoms with Gasteiger partial charge in [0.2, 0.25) is 0 Å². The van der Waals surface area contributed by atoms with Gasteiger partial charge in [0.1, 0.15) is 18.1 Å². The third-order valence-corrected chi connectivity index (χ3v) is 4.89. The van der Waals surface area contributed by atoms with Crippen molar-refractivity contribution >= 4 is 21.9 Å². The maximum atomic E-state index is 11.7. The minimum atomic E-state index is -0.237. The summed E-state index contributed by atoms with van der Waals surface area (Å²) < 4.78 is 12.5. The van der Waals surface area contributed by atoms with Crippen LogP contribution in [0.5, 0.6) is 11.5 Å². The van der Waals surface area contributed by atoms with Crippen molar-refractivity contribution in [2.45, 2.75) is 53.6 Å². The van der Waals surface area contributed by atoms with Crippen molar-refractivity contribution in [3.05, 3.63) is 57.1 Å². The summed E-state index contributed by atoms with van der Waals surface area (Å²) in [6.07, 6.45) is 2.19. The maximum Gasteiger partial charge on any atom is 0.310 e. The van der Waals surface area contributed by atoms with Crippen molar-refractivity contribution in [1.29, 1.82) is 0 Å². The Hall–Kier alpha value is -1.81. The highest BCUT2D eigenvalue weighted by molar-refractivity contribution is 9.10. The number of carbonyl (C=O) groups excluding carboxylic acids is 1. The summed E-state index contributed by atoms with van der Waals surface area (Å²) in [5, 5.41) is 0. The molecule has 0 atom stereocenters. The van der Waals surface area contributed by atoms with Gasteiger partial charge in [-0.3, -0.25) is 4.79 Å². The molecule has 0 radical (unpaired) electrons. The summed E-state index contributed by atoms with van der Waals surface area (Å²) >= 11 is 3.59. The van der Waals surface area contributed by atoms with Crippen molar-refractivity contribution in [2.24, 2.45) is 0 Å². The van der Waals surface area contributed by atoms with Gasteiger partial charge in [-0.25, -0.2) is 0 Å². The summed E-state index contributed by atoms with van der Waals surface area (Å²) in [5.41, 5.74) is 4.56. The first-order valence-electron chi connectivity index (χ1n) is 8.73. The standard InChI is InChI=1S/C21H25BrO3/c1-5-15-9-8-10-19(25-21(23)7-3)17(15)13-24-20-11-14(4)16(6-2)12-18(20)22/h8-12H,5-7,13H2,1-4H3. The predicted octanol–water partition coefficient (Wildman–Crippen LogP) is 5.78. The first-order chi connectivity index (χ1) is 12.0. The molecule has 0 N–H and O–H groups in total. The maximum absolute atomic E-state index is 11.7. The second-order valence-corrected chi connectivity index (χ2v) is 6.78. The zero-order chi connectivity index (χ0) is 18.4. The SMILES string of the molecule is CCC(=O)Oc1cccc(CC)c1COc1cc(C)c(CC)cc1Br. The molecular weight excluding hydrogens is 380 g/mol. The summed E-state index contributed by atoms with van der Waals surface area (Å²) in [6.45, 7) is 8.46. The highest BCUT2D eigenvalue weighted by atomic mass is 79.9. The number of hydrogen-bond donors (Lipinski definition) is 0. The van der Waals surface area contributed by atoms with Crippen molar-refractivity contribution in [1.82, 2.24) is 0 Å². The largest absolute Gasteiger partial charge is 0.488 e. The zero-order valence-electron chi connectivity index (χ0n) is 15.3. The highest BCUT2D eigenvalue weighted by Crippen LogP contribution is 2.31. The first kappa shape index (κ1) is 19.5. The smallest absolute Gasteiger partial charge is 0.310 e. The fourth-order valence-electron chi connectivity index (χ4n) is 2.73. The fourth-order valence-corrected chi connectivity index (χ4v) is 3.24. The molecule has 0 saturated carbocycles. The minimum absolute atomic E-state index is 0.237. The van der Waals surface area contributed by atoms with Crippen LogP contribution >= 0.6 is 15.9 Å². The highest BCUT2D eigenvalue weighted by Gasteiger charge is 2.14. The van der Waals surface area contributed by atoms with Gasteiger partial charge in [0.15, 0.2) is 0 Å². The van der Waals surface area contributed by atoms with Gasteiger partial charge < -0.3 is 9.47 Å². The van der Waals surface area contributed by atoms with E-state index in [0.29, 0.717) is 18.8 Å². The average Bonchev–Trinajstić information content (AvgIpc) is 2.62. The minimum Gasteiger partial charge on any atom is -0.488 e. The van der Waals surface area contributed by atoms with E-state index in [2.05, 4.69) is 48.8 Å². The molecule has 0 aliphatic rings. The Morgan fingerprint density at radius 3 is 2.40 bits per heavy atom. The second-order valence-electron chi connectivity index (χ2n) is 5.93. The second kappa shape index (κ2) is 9.04. The molecule has 134 valence electrons. The molecule has 0 amide bonds. The van der Waals surface area contributed by atoms with Crippen LogP contribution in [-0.4, -0.2) is 5.97 Å². The van der Waals surface area contributed by atoms with Gasteiger partial charge in [0, 0.05) is 12.0 Å². The number of carbonyl (C=O) groups is 1. The first-order valence-corrected chi connectivity index (χ1v) is 9.52. The average molecular weight is 405 g/mol. The fraction of sp³-hybridized carbons (Fsp3) is 0.381. The number of rotatable bonds is 7. The van der Waals surface area contributed by atoms with Crippen molar-refractivity contribution < 1.29 is 14.3 Å².